The lowest BCUT2D eigenvalue weighted by molar-refractivity contribution is 0.0278. The van der Waals surface area contributed by atoms with Gasteiger partial charge in [0, 0.05) is 28.8 Å². The van der Waals surface area contributed by atoms with Crippen LogP contribution in [0.25, 0.3) is 10.8 Å². The molecule has 1 aromatic heterocycles. The summed E-state index contributed by atoms with van der Waals surface area (Å²) in [7, 11) is 0. The highest BCUT2D eigenvalue weighted by Gasteiger charge is 2.24. The molecule has 0 aliphatic carbocycles. The highest BCUT2D eigenvalue weighted by atomic mass is 16.3. The van der Waals surface area contributed by atoms with Gasteiger partial charge in [0.1, 0.15) is 5.76 Å². The monoisotopic (exact) mass is 261 g/mol. The second-order valence-corrected chi connectivity index (χ2v) is 6.12. The van der Waals surface area contributed by atoms with Gasteiger partial charge in [-0.1, -0.05) is 31.2 Å². The lowest BCUT2D eigenvalue weighted by Crippen LogP contribution is -2.43. The first-order valence-corrected chi connectivity index (χ1v) is 6.75. The number of aliphatic hydroxyl groups excluding tert-OH is 1. The maximum Gasteiger partial charge on any atom is 0.115 e. The van der Waals surface area contributed by atoms with E-state index in [2.05, 4.69) is 44.7 Å². The van der Waals surface area contributed by atoms with Crippen molar-refractivity contribution in [1.82, 2.24) is 4.90 Å². The molecule has 1 unspecified atom stereocenters. The molecule has 2 rings (SSSR count). The average molecular weight is 261 g/mol. The third-order valence-electron chi connectivity index (χ3n) is 3.60. The van der Waals surface area contributed by atoms with Crippen molar-refractivity contribution in [2.45, 2.75) is 39.2 Å². The molecule has 1 aromatic carbocycles. The first-order chi connectivity index (χ1) is 8.93. The summed E-state index contributed by atoms with van der Waals surface area (Å²) >= 11 is 0. The fourth-order valence-electron chi connectivity index (χ4n) is 2.35. The minimum atomic E-state index is -0.0502. The summed E-state index contributed by atoms with van der Waals surface area (Å²) in [4.78, 5) is 2.05. The number of fused-ring (bicyclic) bond motifs is 1. The standard InChI is InChI=1S/C16H23NO2/c1-12(9-17(11-18)16(2,3)4)15-14-8-6-5-7-13(14)10-19-15/h5-8,10,12,18H,9,11H2,1-4H3. The van der Waals surface area contributed by atoms with Gasteiger partial charge in [-0.2, -0.15) is 0 Å². The fraction of sp³-hybridized carbons (Fsp3) is 0.500. The number of aliphatic hydroxyl groups is 1. The number of furan rings is 1. The van der Waals surface area contributed by atoms with Gasteiger partial charge in [0.15, 0.2) is 0 Å². The SMILES string of the molecule is CC(CN(CO)C(C)(C)C)c1occ2ccccc12. The molecule has 1 heterocycles. The van der Waals surface area contributed by atoms with Crippen LogP contribution in [-0.2, 0) is 0 Å². The van der Waals surface area contributed by atoms with Crippen molar-refractivity contribution >= 4 is 10.8 Å². The molecule has 0 bridgehead atoms. The highest BCUT2D eigenvalue weighted by molar-refractivity contribution is 5.84. The molecule has 0 radical (unpaired) electrons. The normalized spacial score (nSPS) is 14.2. The molecule has 0 saturated heterocycles. The van der Waals surface area contributed by atoms with Crippen molar-refractivity contribution < 1.29 is 9.52 Å². The maximum atomic E-state index is 9.52. The molecule has 1 atom stereocenters. The Kier molecular flexibility index (Phi) is 3.97. The van der Waals surface area contributed by atoms with E-state index < -0.39 is 0 Å². The molecule has 1 N–H and O–H groups in total. The van der Waals surface area contributed by atoms with Gasteiger partial charge in [-0.15, -0.1) is 0 Å². The number of rotatable bonds is 4. The summed E-state index contributed by atoms with van der Waals surface area (Å²) in [5.74, 6) is 1.24. The Bertz CT molecular complexity index is 539. The van der Waals surface area contributed by atoms with E-state index in [1.165, 1.54) is 5.39 Å². The molecule has 0 aliphatic rings. The lowest BCUT2D eigenvalue weighted by Gasteiger charge is -2.35. The molecule has 0 saturated carbocycles. The van der Waals surface area contributed by atoms with Crippen molar-refractivity contribution in [2.75, 3.05) is 13.3 Å². The van der Waals surface area contributed by atoms with Crippen LogP contribution >= 0.6 is 0 Å². The van der Waals surface area contributed by atoms with E-state index in [9.17, 15) is 5.11 Å². The van der Waals surface area contributed by atoms with Gasteiger partial charge in [-0.3, -0.25) is 4.90 Å². The van der Waals surface area contributed by atoms with Crippen LogP contribution in [0.5, 0.6) is 0 Å². The zero-order valence-corrected chi connectivity index (χ0v) is 12.2. The van der Waals surface area contributed by atoms with E-state index >= 15 is 0 Å². The Hall–Kier alpha value is -1.32. The van der Waals surface area contributed by atoms with Crippen LogP contribution in [0.2, 0.25) is 0 Å². The molecule has 0 spiro atoms. The minimum absolute atomic E-state index is 0.0502. The number of hydrogen-bond donors (Lipinski definition) is 1. The van der Waals surface area contributed by atoms with E-state index in [0.29, 0.717) is 0 Å². The molecule has 0 aliphatic heterocycles. The maximum absolute atomic E-state index is 9.52. The largest absolute Gasteiger partial charge is 0.468 e. The average Bonchev–Trinajstić information content (AvgIpc) is 2.78. The summed E-state index contributed by atoms with van der Waals surface area (Å²) in [5.41, 5.74) is -0.0502. The van der Waals surface area contributed by atoms with Gasteiger partial charge in [-0.05, 0) is 20.8 Å². The Labute approximate surface area is 114 Å². The Morgan fingerprint density at radius 3 is 2.58 bits per heavy atom. The Morgan fingerprint density at radius 1 is 1.26 bits per heavy atom. The van der Waals surface area contributed by atoms with Crippen LogP contribution in [0.1, 0.15) is 39.4 Å². The van der Waals surface area contributed by atoms with Gasteiger partial charge < -0.3 is 9.52 Å². The predicted octanol–water partition coefficient (Wildman–Crippen LogP) is 3.59. The zero-order valence-electron chi connectivity index (χ0n) is 12.2. The molecule has 3 heteroatoms. The first kappa shape index (κ1) is 14.1. The molecule has 0 fully saturated rings. The number of nitrogens with zero attached hydrogens (tertiary/aromatic N) is 1. The summed E-state index contributed by atoms with van der Waals surface area (Å²) in [6, 6.07) is 8.19. The quantitative estimate of drug-likeness (QED) is 0.855. The lowest BCUT2D eigenvalue weighted by atomic mass is 10.0. The van der Waals surface area contributed by atoms with Gasteiger partial charge in [0.05, 0.1) is 13.0 Å². The molecule has 3 nitrogen and oxygen atoms in total. The van der Waals surface area contributed by atoms with Gasteiger partial charge in [0.2, 0.25) is 0 Å². The summed E-state index contributed by atoms with van der Waals surface area (Å²) in [5, 5.41) is 11.8. The van der Waals surface area contributed by atoms with E-state index in [0.717, 1.165) is 17.7 Å². The van der Waals surface area contributed by atoms with Crippen molar-refractivity contribution in [3.63, 3.8) is 0 Å². The van der Waals surface area contributed by atoms with Crippen LogP contribution in [0.15, 0.2) is 34.9 Å². The van der Waals surface area contributed by atoms with E-state index in [1.54, 1.807) is 0 Å². The van der Waals surface area contributed by atoms with Crippen LogP contribution in [0.3, 0.4) is 0 Å². The third kappa shape index (κ3) is 2.99. The number of hydrogen-bond acceptors (Lipinski definition) is 3. The fourth-order valence-corrected chi connectivity index (χ4v) is 2.35. The van der Waals surface area contributed by atoms with Crippen LogP contribution in [0.4, 0.5) is 0 Å². The smallest absolute Gasteiger partial charge is 0.115 e. The summed E-state index contributed by atoms with van der Waals surface area (Å²) in [6.07, 6.45) is 1.81. The summed E-state index contributed by atoms with van der Waals surface area (Å²) < 4.78 is 5.73. The van der Waals surface area contributed by atoms with E-state index in [-0.39, 0.29) is 18.2 Å². The van der Waals surface area contributed by atoms with Gasteiger partial charge in [-0.25, -0.2) is 0 Å². The molecule has 0 amide bonds. The van der Waals surface area contributed by atoms with Crippen LogP contribution in [-0.4, -0.2) is 28.8 Å². The number of benzene rings is 1. The molecule has 2 aromatic rings. The van der Waals surface area contributed by atoms with Crippen LogP contribution < -0.4 is 0 Å². The van der Waals surface area contributed by atoms with E-state index in [4.69, 9.17) is 4.42 Å². The minimum Gasteiger partial charge on any atom is -0.468 e. The molecular formula is C16H23NO2. The Morgan fingerprint density at radius 2 is 1.95 bits per heavy atom. The molecule has 104 valence electrons. The van der Waals surface area contributed by atoms with Gasteiger partial charge >= 0.3 is 0 Å². The van der Waals surface area contributed by atoms with Crippen molar-refractivity contribution in [1.29, 1.82) is 0 Å². The van der Waals surface area contributed by atoms with E-state index in [1.807, 2.05) is 18.4 Å². The molecular weight excluding hydrogens is 238 g/mol. The second kappa shape index (κ2) is 5.35. The van der Waals surface area contributed by atoms with Crippen LogP contribution in [0, 0.1) is 0 Å². The second-order valence-electron chi connectivity index (χ2n) is 6.12. The first-order valence-electron chi connectivity index (χ1n) is 6.75. The molecule has 19 heavy (non-hydrogen) atoms. The zero-order chi connectivity index (χ0) is 14.0. The van der Waals surface area contributed by atoms with Crippen molar-refractivity contribution in [2.24, 2.45) is 0 Å². The van der Waals surface area contributed by atoms with Crippen molar-refractivity contribution in [3.05, 3.63) is 36.3 Å². The summed E-state index contributed by atoms with van der Waals surface area (Å²) in [6.45, 7) is 9.30. The van der Waals surface area contributed by atoms with Gasteiger partial charge in [0.25, 0.3) is 0 Å². The Balaban J connectivity index is 2.22. The predicted molar refractivity (Wildman–Crippen MR) is 78.2 cm³/mol. The topological polar surface area (TPSA) is 36.6 Å². The highest BCUT2D eigenvalue weighted by Crippen LogP contribution is 2.29. The van der Waals surface area contributed by atoms with Crippen molar-refractivity contribution in [3.8, 4) is 0 Å². The third-order valence-corrected chi connectivity index (χ3v) is 3.60.